The standard InChI is InChI=1S/C9H10N4O2/c1-15-8-3-2-6(4-7(8)5-14)9-10-12-13-11-9/h2-4,14H,5H2,1H3,(H,10,11,12,13). The van der Waals surface area contributed by atoms with Crippen molar-refractivity contribution in [2.75, 3.05) is 7.11 Å². The molecule has 1 aromatic carbocycles. The van der Waals surface area contributed by atoms with Crippen LogP contribution in [0.25, 0.3) is 11.4 Å². The zero-order valence-corrected chi connectivity index (χ0v) is 8.14. The van der Waals surface area contributed by atoms with Crippen molar-refractivity contribution in [2.24, 2.45) is 0 Å². The van der Waals surface area contributed by atoms with Crippen LogP contribution in [0.15, 0.2) is 18.2 Å². The second-order valence-corrected chi connectivity index (χ2v) is 2.92. The van der Waals surface area contributed by atoms with Crippen molar-refractivity contribution in [3.63, 3.8) is 0 Å². The van der Waals surface area contributed by atoms with Gasteiger partial charge in [0, 0.05) is 11.1 Å². The van der Waals surface area contributed by atoms with Crippen molar-refractivity contribution in [3.8, 4) is 17.1 Å². The largest absolute Gasteiger partial charge is 0.496 e. The van der Waals surface area contributed by atoms with E-state index < -0.39 is 0 Å². The van der Waals surface area contributed by atoms with E-state index in [0.29, 0.717) is 17.1 Å². The van der Waals surface area contributed by atoms with E-state index in [1.807, 2.05) is 6.07 Å². The molecule has 0 unspecified atom stereocenters. The Morgan fingerprint density at radius 1 is 1.47 bits per heavy atom. The number of rotatable bonds is 3. The summed E-state index contributed by atoms with van der Waals surface area (Å²) in [6.07, 6.45) is 0. The summed E-state index contributed by atoms with van der Waals surface area (Å²) in [5.41, 5.74) is 1.48. The number of nitrogens with one attached hydrogen (secondary N) is 1. The molecule has 0 fully saturated rings. The highest BCUT2D eigenvalue weighted by Crippen LogP contribution is 2.23. The second-order valence-electron chi connectivity index (χ2n) is 2.92. The van der Waals surface area contributed by atoms with Crippen molar-refractivity contribution in [1.29, 1.82) is 0 Å². The van der Waals surface area contributed by atoms with Gasteiger partial charge in [0.05, 0.1) is 13.7 Å². The van der Waals surface area contributed by atoms with E-state index in [0.717, 1.165) is 5.56 Å². The van der Waals surface area contributed by atoms with Crippen molar-refractivity contribution in [3.05, 3.63) is 23.8 Å². The summed E-state index contributed by atoms with van der Waals surface area (Å²) < 4.78 is 5.08. The van der Waals surface area contributed by atoms with Gasteiger partial charge < -0.3 is 9.84 Å². The van der Waals surface area contributed by atoms with Crippen LogP contribution in [0.2, 0.25) is 0 Å². The number of ether oxygens (including phenoxy) is 1. The molecule has 6 heteroatoms. The number of H-pyrrole nitrogens is 1. The molecule has 0 aliphatic carbocycles. The zero-order valence-electron chi connectivity index (χ0n) is 8.14. The van der Waals surface area contributed by atoms with Crippen LogP contribution in [0.4, 0.5) is 0 Å². The van der Waals surface area contributed by atoms with Crippen LogP contribution in [0.3, 0.4) is 0 Å². The Morgan fingerprint density at radius 2 is 2.33 bits per heavy atom. The summed E-state index contributed by atoms with van der Waals surface area (Å²) in [7, 11) is 1.56. The molecule has 0 atom stereocenters. The first-order valence-electron chi connectivity index (χ1n) is 4.36. The van der Waals surface area contributed by atoms with Crippen LogP contribution in [0.5, 0.6) is 5.75 Å². The number of aromatic amines is 1. The van der Waals surface area contributed by atoms with Gasteiger partial charge >= 0.3 is 0 Å². The van der Waals surface area contributed by atoms with Crippen LogP contribution in [0, 0.1) is 0 Å². The highest BCUT2D eigenvalue weighted by molar-refractivity contribution is 5.57. The van der Waals surface area contributed by atoms with Gasteiger partial charge in [-0.25, -0.2) is 0 Å². The third-order valence-corrected chi connectivity index (χ3v) is 2.05. The van der Waals surface area contributed by atoms with E-state index in [4.69, 9.17) is 9.84 Å². The van der Waals surface area contributed by atoms with Crippen molar-refractivity contribution in [1.82, 2.24) is 20.6 Å². The summed E-state index contributed by atoms with van der Waals surface area (Å²) >= 11 is 0. The van der Waals surface area contributed by atoms with Crippen LogP contribution >= 0.6 is 0 Å². The first-order valence-corrected chi connectivity index (χ1v) is 4.36. The van der Waals surface area contributed by atoms with E-state index >= 15 is 0 Å². The number of aliphatic hydroxyl groups is 1. The van der Waals surface area contributed by atoms with E-state index in [-0.39, 0.29) is 6.61 Å². The fraction of sp³-hybridized carbons (Fsp3) is 0.222. The summed E-state index contributed by atoms with van der Waals surface area (Å²) in [6, 6.07) is 5.34. The van der Waals surface area contributed by atoms with Gasteiger partial charge in [-0.05, 0) is 23.4 Å². The van der Waals surface area contributed by atoms with Gasteiger partial charge in [0.15, 0.2) is 0 Å². The summed E-state index contributed by atoms with van der Waals surface area (Å²) in [5.74, 6) is 1.14. The normalized spacial score (nSPS) is 10.3. The molecule has 2 N–H and O–H groups in total. The third kappa shape index (κ3) is 1.79. The van der Waals surface area contributed by atoms with Crippen LogP contribution in [-0.4, -0.2) is 32.8 Å². The number of hydrogen-bond donors (Lipinski definition) is 2. The van der Waals surface area contributed by atoms with Gasteiger partial charge in [0.25, 0.3) is 0 Å². The molecule has 1 aromatic heterocycles. The highest BCUT2D eigenvalue weighted by atomic mass is 16.5. The molecule has 6 nitrogen and oxygen atoms in total. The van der Waals surface area contributed by atoms with Gasteiger partial charge in [0.2, 0.25) is 5.82 Å². The smallest absolute Gasteiger partial charge is 0.204 e. The number of tetrazole rings is 1. The average Bonchev–Trinajstić information content (AvgIpc) is 2.81. The molecule has 2 aromatic rings. The molecule has 1 heterocycles. The van der Waals surface area contributed by atoms with Crippen LogP contribution in [0.1, 0.15) is 5.56 Å². The Bertz CT molecular complexity index is 441. The minimum absolute atomic E-state index is 0.0884. The zero-order chi connectivity index (χ0) is 10.7. The average molecular weight is 206 g/mol. The predicted molar refractivity (Wildman–Crippen MR) is 52.1 cm³/mol. The molecule has 15 heavy (non-hydrogen) atoms. The van der Waals surface area contributed by atoms with E-state index in [9.17, 15) is 0 Å². The van der Waals surface area contributed by atoms with Crippen LogP contribution in [-0.2, 0) is 6.61 Å². The Balaban J connectivity index is 2.43. The Hall–Kier alpha value is -1.95. The van der Waals surface area contributed by atoms with E-state index in [1.54, 1.807) is 19.2 Å². The van der Waals surface area contributed by atoms with Gasteiger partial charge in [-0.2, -0.15) is 5.21 Å². The maximum absolute atomic E-state index is 9.13. The van der Waals surface area contributed by atoms with Gasteiger partial charge in [-0.15, -0.1) is 10.2 Å². The lowest BCUT2D eigenvalue weighted by molar-refractivity contribution is 0.274. The fourth-order valence-electron chi connectivity index (χ4n) is 1.33. The van der Waals surface area contributed by atoms with Gasteiger partial charge in [-0.1, -0.05) is 0 Å². The lowest BCUT2D eigenvalue weighted by Gasteiger charge is -2.06. The molecule has 0 saturated carbocycles. The maximum Gasteiger partial charge on any atom is 0.204 e. The Labute approximate surface area is 85.9 Å². The first-order chi connectivity index (χ1) is 7.35. The highest BCUT2D eigenvalue weighted by Gasteiger charge is 2.07. The van der Waals surface area contributed by atoms with Crippen molar-refractivity contribution in [2.45, 2.75) is 6.61 Å². The monoisotopic (exact) mass is 206 g/mol. The van der Waals surface area contributed by atoms with Crippen molar-refractivity contribution >= 4 is 0 Å². The first kappa shape index (κ1) is 9.60. The minimum Gasteiger partial charge on any atom is -0.496 e. The molecular formula is C9H10N4O2. The molecule has 0 aliphatic rings. The van der Waals surface area contributed by atoms with E-state index in [2.05, 4.69) is 20.6 Å². The molecule has 0 saturated heterocycles. The maximum atomic E-state index is 9.13. The molecule has 0 aliphatic heterocycles. The summed E-state index contributed by atoms with van der Waals surface area (Å²) in [6.45, 7) is -0.0884. The molecule has 0 spiro atoms. The number of benzene rings is 1. The molecule has 0 radical (unpaired) electrons. The molecule has 2 rings (SSSR count). The van der Waals surface area contributed by atoms with E-state index in [1.165, 1.54) is 0 Å². The number of aromatic nitrogens is 4. The summed E-state index contributed by atoms with van der Waals surface area (Å²) in [5, 5.41) is 22.7. The Kier molecular flexibility index (Phi) is 2.59. The lowest BCUT2D eigenvalue weighted by atomic mass is 10.1. The molecule has 0 amide bonds. The predicted octanol–water partition coefficient (Wildman–Crippen LogP) is 0.368. The fourth-order valence-corrected chi connectivity index (χ4v) is 1.33. The SMILES string of the molecule is COc1ccc(-c2nn[nH]n2)cc1CO. The number of nitrogens with zero attached hydrogens (tertiary/aromatic N) is 3. The third-order valence-electron chi connectivity index (χ3n) is 2.05. The lowest BCUT2D eigenvalue weighted by Crippen LogP contribution is -1.93. The van der Waals surface area contributed by atoms with Crippen LogP contribution < -0.4 is 4.74 Å². The quantitative estimate of drug-likeness (QED) is 0.757. The van der Waals surface area contributed by atoms with Gasteiger partial charge in [-0.3, -0.25) is 0 Å². The van der Waals surface area contributed by atoms with Gasteiger partial charge in [0.1, 0.15) is 5.75 Å². The summed E-state index contributed by atoms with van der Waals surface area (Å²) in [4.78, 5) is 0. The van der Waals surface area contributed by atoms with Crippen molar-refractivity contribution < 1.29 is 9.84 Å². The molecule has 0 bridgehead atoms. The number of methoxy groups -OCH3 is 1. The molecule has 78 valence electrons. The number of hydrogen-bond acceptors (Lipinski definition) is 5. The molecular weight excluding hydrogens is 196 g/mol. The minimum atomic E-state index is -0.0884. The Morgan fingerprint density at radius 3 is 2.93 bits per heavy atom. The second kappa shape index (κ2) is 4.05. The topological polar surface area (TPSA) is 83.9 Å². The number of aliphatic hydroxyl groups excluding tert-OH is 1.